The summed E-state index contributed by atoms with van der Waals surface area (Å²) in [5, 5.41) is 5.70. The molecule has 1 fully saturated rings. The number of methoxy groups -OCH3 is 1. The fourth-order valence-electron chi connectivity index (χ4n) is 3.96. The predicted molar refractivity (Wildman–Crippen MR) is 128 cm³/mol. The van der Waals surface area contributed by atoms with Gasteiger partial charge in [0, 0.05) is 25.7 Å². The average molecular weight is 452 g/mol. The van der Waals surface area contributed by atoms with Gasteiger partial charge in [0.2, 0.25) is 11.8 Å². The Labute approximate surface area is 195 Å². The minimum Gasteiger partial charge on any atom is -0.497 e. The number of hydrogen-bond acceptors (Lipinski definition) is 4. The van der Waals surface area contributed by atoms with Crippen LogP contribution in [-0.2, 0) is 19.8 Å². The second kappa shape index (κ2) is 10.1. The summed E-state index contributed by atoms with van der Waals surface area (Å²) in [6, 6.07) is 14.0. The maximum absolute atomic E-state index is 13.4. The number of carbonyl (C=O) groups excluding carboxylic acids is 3. The number of carbonyl (C=O) groups is 3. The molecule has 1 aliphatic rings. The van der Waals surface area contributed by atoms with Gasteiger partial charge in [0.25, 0.3) is 5.91 Å². The molecule has 1 aliphatic heterocycles. The zero-order valence-electron chi connectivity index (χ0n) is 20.0. The molecule has 2 unspecified atom stereocenters. The van der Waals surface area contributed by atoms with Gasteiger partial charge in [0.05, 0.1) is 13.0 Å². The van der Waals surface area contributed by atoms with Gasteiger partial charge in [-0.1, -0.05) is 45.0 Å². The van der Waals surface area contributed by atoms with Crippen molar-refractivity contribution < 1.29 is 19.1 Å². The summed E-state index contributed by atoms with van der Waals surface area (Å²) >= 11 is 0. The SMILES string of the molecule is COc1ccc(C(C(=O)Nc2ccc(C(C)(C)C)cc2)N(C)C(=O)C2CCC(=O)NC2)cc1. The van der Waals surface area contributed by atoms with Crippen LogP contribution in [0.15, 0.2) is 48.5 Å². The van der Waals surface area contributed by atoms with Gasteiger partial charge in [-0.15, -0.1) is 0 Å². The summed E-state index contributed by atoms with van der Waals surface area (Å²) in [7, 11) is 3.21. The third kappa shape index (κ3) is 5.92. The highest BCUT2D eigenvalue weighted by molar-refractivity contribution is 5.98. The molecule has 2 atom stereocenters. The van der Waals surface area contributed by atoms with Crippen molar-refractivity contribution in [1.82, 2.24) is 10.2 Å². The van der Waals surface area contributed by atoms with Crippen LogP contribution < -0.4 is 15.4 Å². The Kier molecular flexibility index (Phi) is 7.41. The molecule has 7 nitrogen and oxygen atoms in total. The summed E-state index contributed by atoms with van der Waals surface area (Å²) in [4.78, 5) is 39.6. The lowest BCUT2D eigenvalue weighted by molar-refractivity contribution is -0.142. The number of anilines is 1. The van der Waals surface area contributed by atoms with E-state index in [0.29, 0.717) is 29.8 Å². The summed E-state index contributed by atoms with van der Waals surface area (Å²) in [5.41, 5.74) is 2.52. The van der Waals surface area contributed by atoms with Gasteiger partial charge in [0.1, 0.15) is 11.8 Å². The monoisotopic (exact) mass is 451 g/mol. The molecule has 176 valence electrons. The highest BCUT2D eigenvalue weighted by Gasteiger charge is 2.34. The molecule has 3 amide bonds. The summed E-state index contributed by atoms with van der Waals surface area (Å²) < 4.78 is 5.24. The zero-order valence-corrected chi connectivity index (χ0v) is 20.0. The number of amides is 3. The van der Waals surface area contributed by atoms with Gasteiger partial charge in [-0.3, -0.25) is 14.4 Å². The highest BCUT2D eigenvalue weighted by Crippen LogP contribution is 2.28. The van der Waals surface area contributed by atoms with Gasteiger partial charge in [-0.25, -0.2) is 0 Å². The van der Waals surface area contributed by atoms with Crippen LogP contribution in [0.1, 0.15) is 50.8 Å². The molecule has 0 aliphatic carbocycles. The molecule has 33 heavy (non-hydrogen) atoms. The summed E-state index contributed by atoms with van der Waals surface area (Å²) in [6.07, 6.45) is 0.782. The number of hydrogen-bond donors (Lipinski definition) is 2. The van der Waals surface area contributed by atoms with Crippen LogP contribution in [0.3, 0.4) is 0 Å². The molecule has 7 heteroatoms. The van der Waals surface area contributed by atoms with Crippen LogP contribution in [-0.4, -0.2) is 43.3 Å². The number of benzene rings is 2. The van der Waals surface area contributed by atoms with Gasteiger partial charge < -0.3 is 20.3 Å². The molecular formula is C26H33N3O4. The number of likely N-dealkylation sites (N-methyl/N-ethyl adjacent to an activating group) is 1. The molecule has 2 aromatic rings. The second-order valence-corrected chi connectivity index (χ2v) is 9.48. The average Bonchev–Trinajstić information content (AvgIpc) is 2.79. The summed E-state index contributed by atoms with van der Waals surface area (Å²) in [5.74, 6) is -0.217. The topological polar surface area (TPSA) is 87.7 Å². The van der Waals surface area contributed by atoms with Crippen molar-refractivity contribution in [3.63, 3.8) is 0 Å². The van der Waals surface area contributed by atoms with Crippen molar-refractivity contribution in [2.45, 2.75) is 45.1 Å². The lowest BCUT2D eigenvalue weighted by Crippen LogP contribution is -2.46. The lowest BCUT2D eigenvalue weighted by atomic mass is 9.87. The standard InChI is InChI=1S/C26H33N3O4/c1-26(2,3)19-9-11-20(12-10-19)28-24(31)23(17-6-13-21(33-5)14-7-17)29(4)25(32)18-8-15-22(30)27-16-18/h6-7,9-14,18,23H,8,15-16H2,1-5H3,(H,27,30)(H,28,31). The molecular weight excluding hydrogens is 418 g/mol. The third-order valence-corrected chi connectivity index (χ3v) is 6.05. The van der Waals surface area contributed by atoms with E-state index in [1.165, 1.54) is 10.5 Å². The normalized spacial score (nSPS) is 17.0. The first-order valence-electron chi connectivity index (χ1n) is 11.2. The van der Waals surface area contributed by atoms with Crippen molar-refractivity contribution in [1.29, 1.82) is 0 Å². The van der Waals surface area contributed by atoms with Crippen molar-refractivity contribution in [3.8, 4) is 5.75 Å². The smallest absolute Gasteiger partial charge is 0.251 e. The Morgan fingerprint density at radius 3 is 2.24 bits per heavy atom. The van der Waals surface area contributed by atoms with Crippen LogP contribution in [0.4, 0.5) is 5.69 Å². The van der Waals surface area contributed by atoms with E-state index in [2.05, 4.69) is 31.4 Å². The van der Waals surface area contributed by atoms with Crippen LogP contribution in [0.5, 0.6) is 5.75 Å². The molecule has 2 aromatic carbocycles. The first-order valence-corrected chi connectivity index (χ1v) is 11.2. The quantitative estimate of drug-likeness (QED) is 0.702. The minimum absolute atomic E-state index is 0.0101. The molecule has 2 N–H and O–H groups in total. The first-order chi connectivity index (χ1) is 15.6. The fraction of sp³-hybridized carbons (Fsp3) is 0.423. The minimum atomic E-state index is -0.830. The third-order valence-electron chi connectivity index (χ3n) is 6.05. The molecule has 0 radical (unpaired) electrons. The molecule has 0 aromatic heterocycles. The predicted octanol–water partition coefficient (Wildman–Crippen LogP) is 3.66. The van der Waals surface area contributed by atoms with Gasteiger partial charge in [0.15, 0.2) is 0 Å². The van der Waals surface area contributed by atoms with Crippen LogP contribution >= 0.6 is 0 Å². The molecule has 3 rings (SSSR count). The lowest BCUT2D eigenvalue weighted by Gasteiger charge is -2.32. The van der Waals surface area contributed by atoms with Gasteiger partial charge in [-0.05, 0) is 47.2 Å². The van der Waals surface area contributed by atoms with Crippen molar-refractivity contribution in [2.75, 3.05) is 26.0 Å². The summed E-state index contributed by atoms with van der Waals surface area (Å²) in [6.45, 7) is 6.69. The maximum atomic E-state index is 13.4. The Balaban J connectivity index is 1.85. The van der Waals surface area contributed by atoms with Crippen molar-refractivity contribution in [2.24, 2.45) is 5.92 Å². The number of nitrogens with one attached hydrogen (secondary N) is 2. The Bertz CT molecular complexity index is 984. The zero-order chi connectivity index (χ0) is 24.2. The molecule has 1 saturated heterocycles. The van der Waals surface area contributed by atoms with E-state index in [1.807, 2.05) is 24.3 Å². The molecule has 1 heterocycles. The number of piperidine rings is 1. The first kappa shape index (κ1) is 24.3. The Hall–Kier alpha value is -3.35. The van der Waals surface area contributed by atoms with E-state index in [0.717, 1.165) is 0 Å². The van der Waals surface area contributed by atoms with Crippen LogP contribution in [0, 0.1) is 5.92 Å². The fourth-order valence-corrected chi connectivity index (χ4v) is 3.96. The van der Waals surface area contributed by atoms with Gasteiger partial charge >= 0.3 is 0 Å². The number of nitrogens with zero attached hydrogens (tertiary/aromatic N) is 1. The number of ether oxygens (including phenoxy) is 1. The Morgan fingerprint density at radius 2 is 1.73 bits per heavy atom. The number of rotatable bonds is 6. The molecule has 0 spiro atoms. The van der Waals surface area contributed by atoms with E-state index in [-0.39, 0.29) is 35.6 Å². The largest absolute Gasteiger partial charge is 0.497 e. The molecule has 0 saturated carbocycles. The van der Waals surface area contributed by atoms with E-state index in [1.54, 1.807) is 38.4 Å². The highest BCUT2D eigenvalue weighted by atomic mass is 16.5. The van der Waals surface area contributed by atoms with Crippen LogP contribution in [0.2, 0.25) is 0 Å². The maximum Gasteiger partial charge on any atom is 0.251 e. The van der Waals surface area contributed by atoms with E-state index in [9.17, 15) is 14.4 Å². The van der Waals surface area contributed by atoms with Crippen molar-refractivity contribution >= 4 is 23.4 Å². The second-order valence-electron chi connectivity index (χ2n) is 9.48. The van der Waals surface area contributed by atoms with E-state index < -0.39 is 6.04 Å². The van der Waals surface area contributed by atoms with Crippen LogP contribution in [0.25, 0.3) is 0 Å². The Morgan fingerprint density at radius 1 is 1.09 bits per heavy atom. The van der Waals surface area contributed by atoms with E-state index >= 15 is 0 Å². The van der Waals surface area contributed by atoms with Gasteiger partial charge in [-0.2, -0.15) is 0 Å². The van der Waals surface area contributed by atoms with Crippen molar-refractivity contribution in [3.05, 3.63) is 59.7 Å². The van der Waals surface area contributed by atoms with E-state index in [4.69, 9.17) is 4.74 Å². The molecule has 0 bridgehead atoms.